The SMILES string of the molecule is CC(C)(C)OC(=O)Nc1ccc2c(c1)CC(O)C2. The maximum absolute atomic E-state index is 11.6. The Morgan fingerprint density at radius 1 is 1.33 bits per heavy atom. The maximum Gasteiger partial charge on any atom is 0.412 e. The molecule has 0 bridgehead atoms. The van der Waals surface area contributed by atoms with Crippen LogP contribution in [0.1, 0.15) is 31.9 Å². The van der Waals surface area contributed by atoms with Gasteiger partial charge in [0.25, 0.3) is 0 Å². The second-order valence-corrected chi connectivity index (χ2v) is 5.67. The van der Waals surface area contributed by atoms with Gasteiger partial charge < -0.3 is 9.84 Å². The first kappa shape index (κ1) is 12.9. The van der Waals surface area contributed by atoms with E-state index in [1.807, 2.05) is 39.0 Å². The Balaban J connectivity index is 2.03. The van der Waals surface area contributed by atoms with Gasteiger partial charge in [0.15, 0.2) is 0 Å². The molecule has 0 aliphatic heterocycles. The number of hydrogen-bond acceptors (Lipinski definition) is 3. The van der Waals surface area contributed by atoms with E-state index in [-0.39, 0.29) is 6.10 Å². The highest BCUT2D eigenvalue weighted by Crippen LogP contribution is 2.25. The van der Waals surface area contributed by atoms with Crippen molar-refractivity contribution in [2.45, 2.75) is 45.3 Å². The van der Waals surface area contributed by atoms with Gasteiger partial charge in [0.1, 0.15) is 5.60 Å². The van der Waals surface area contributed by atoms with E-state index in [0.29, 0.717) is 18.5 Å². The molecular formula is C14H19NO3. The monoisotopic (exact) mass is 249 g/mol. The largest absolute Gasteiger partial charge is 0.444 e. The fourth-order valence-electron chi connectivity index (χ4n) is 2.09. The zero-order valence-electron chi connectivity index (χ0n) is 11.0. The highest BCUT2D eigenvalue weighted by Gasteiger charge is 2.20. The normalized spacial score (nSPS) is 18.3. The Morgan fingerprint density at radius 3 is 2.67 bits per heavy atom. The highest BCUT2D eigenvalue weighted by atomic mass is 16.6. The van der Waals surface area contributed by atoms with Crippen molar-refractivity contribution in [3.05, 3.63) is 29.3 Å². The molecule has 18 heavy (non-hydrogen) atoms. The molecule has 0 saturated heterocycles. The predicted octanol–water partition coefficient (Wildman–Crippen LogP) is 2.49. The Hall–Kier alpha value is -1.55. The minimum absolute atomic E-state index is 0.295. The van der Waals surface area contributed by atoms with Gasteiger partial charge >= 0.3 is 6.09 Å². The molecule has 1 amide bonds. The first-order valence-electron chi connectivity index (χ1n) is 6.13. The summed E-state index contributed by atoms with van der Waals surface area (Å²) in [6.07, 6.45) is 0.596. The third-order valence-electron chi connectivity index (χ3n) is 2.76. The molecule has 1 unspecified atom stereocenters. The molecule has 4 nitrogen and oxygen atoms in total. The van der Waals surface area contributed by atoms with E-state index < -0.39 is 11.7 Å². The summed E-state index contributed by atoms with van der Waals surface area (Å²) in [5, 5.41) is 12.3. The fraction of sp³-hybridized carbons (Fsp3) is 0.500. The Labute approximate surface area is 107 Å². The molecule has 0 aromatic heterocycles. The minimum atomic E-state index is -0.503. The van der Waals surface area contributed by atoms with Crippen molar-refractivity contribution in [3.63, 3.8) is 0 Å². The molecule has 1 aliphatic carbocycles. The Bertz CT molecular complexity index is 463. The van der Waals surface area contributed by atoms with Crippen molar-refractivity contribution in [2.24, 2.45) is 0 Å². The number of anilines is 1. The number of hydrogen-bond donors (Lipinski definition) is 2. The van der Waals surface area contributed by atoms with Crippen molar-refractivity contribution in [1.29, 1.82) is 0 Å². The van der Waals surface area contributed by atoms with Crippen LogP contribution in [0, 0.1) is 0 Å². The molecule has 0 fully saturated rings. The van der Waals surface area contributed by atoms with Crippen molar-refractivity contribution in [3.8, 4) is 0 Å². The maximum atomic E-state index is 11.6. The van der Waals surface area contributed by atoms with Gasteiger partial charge in [-0.15, -0.1) is 0 Å². The molecule has 0 spiro atoms. The molecule has 4 heteroatoms. The van der Waals surface area contributed by atoms with Crippen LogP contribution in [-0.2, 0) is 17.6 Å². The molecule has 0 radical (unpaired) electrons. The van der Waals surface area contributed by atoms with Crippen LogP contribution < -0.4 is 5.32 Å². The van der Waals surface area contributed by atoms with Crippen LogP contribution in [0.3, 0.4) is 0 Å². The quantitative estimate of drug-likeness (QED) is 0.804. The lowest BCUT2D eigenvalue weighted by atomic mass is 10.1. The van der Waals surface area contributed by atoms with E-state index in [2.05, 4.69) is 5.32 Å². The lowest BCUT2D eigenvalue weighted by molar-refractivity contribution is 0.0636. The molecule has 2 N–H and O–H groups in total. The standard InChI is InChI=1S/C14H19NO3/c1-14(2,3)18-13(17)15-11-5-4-9-7-12(16)8-10(9)6-11/h4-6,12,16H,7-8H2,1-3H3,(H,15,17). The van der Waals surface area contributed by atoms with Gasteiger partial charge in [-0.1, -0.05) is 6.07 Å². The van der Waals surface area contributed by atoms with Gasteiger partial charge in [-0.2, -0.15) is 0 Å². The topological polar surface area (TPSA) is 58.6 Å². The third kappa shape index (κ3) is 3.23. The van der Waals surface area contributed by atoms with Crippen molar-refractivity contribution in [1.82, 2.24) is 0 Å². The number of benzene rings is 1. The third-order valence-corrected chi connectivity index (χ3v) is 2.76. The van der Waals surface area contributed by atoms with Crippen LogP contribution in [0.4, 0.5) is 10.5 Å². The molecule has 1 atom stereocenters. The van der Waals surface area contributed by atoms with Gasteiger partial charge in [0.2, 0.25) is 0 Å². The van der Waals surface area contributed by atoms with Crippen LogP contribution in [0.15, 0.2) is 18.2 Å². The number of aliphatic hydroxyl groups excluding tert-OH is 1. The van der Waals surface area contributed by atoms with Gasteiger partial charge in [-0.05, 0) is 56.9 Å². The van der Waals surface area contributed by atoms with Gasteiger partial charge in [0, 0.05) is 5.69 Å². The Kier molecular flexibility index (Phi) is 3.30. The smallest absolute Gasteiger partial charge is 0.412 e. The first-order chi connectivity index (χ1) is 8.33. The first-order valence-corrected chi connectivity index (χ1v) is 6.13. The summed E-state index contributed by atoms with van der Waals surface area (Å²) in [5.74, 6) is 0. The van der Waals surface area contributed by atoms with E-state index in [9.17, 15) is 9.90 Å². The van der Waals surface area contributed by atoms with Gasteiger partial charge in [0.05, 0.1) is 6.10 Å². The summed E-state index contributed by atoms with van der Waals surface area (Å²) in [6.45, 7) is 5.48. The van der Waals surface area contributed by atoms with E-state index >= 15 is 0 Å². The van der Waals surface area contributed by atoms with Gasteiger partial charge in [-0.25, -0.2) is 4.79 Å². The average Bonchev–Trinajstić information content (AvgIpc) is 2.53. The van der Waals surface area contributed by atoms with Crippen molar-refractivity contribution in [2.75, 3.05) is 5.32 Å². The molecular weight excluding hydrogens is 230 g/mol. The van der Waals surface area contributed by atoms with E-state index in [4.69, 9.17) is 4.74 Å². The second kappa shape index (κ2) is 4.61. The molecule has 1 aromatic rings. The van der Waals surface area contributed by atoms with Crippen LogP contribution in [0.5, 0.6) is 0 Å². The highest BCUT2D eigenvalue weighted by molar-refractivity contribution is 5.85. The number of nitrogens with one attached hydrogen (secondary N) is 1. The van der Waals surface area contributed by atoms with Crippen molar-refractivity contribution < 1.29 is 14.6 Å². The van der Waals surface area contributed by atoms with Crippen LogP contribution in [0.2, 0.25) is 0 Å². The van der Waals surface area contributed by atoms with Crippen LogP contribution in [0.25, 0.3) is 0 Å². The number of carbonyl (C=O) groups is 1. The average molecular weight is 249 g/mol. The lowest BCUT2D eigenvalue weighted by Crippen LogP contribution is -2.27. The minimum Gasteiger partial charge on any atom is -0.444 e. The molecule has 0 saturated carbocycles. The Morgan fingerprint density at radius 2 is 2.00 bits per heavy atom. The van der Waals surface area contributed by atoms with E-state index in [1.54, 1.807) is 0 Å². The van der Waals surface area contributed by atoms with Gasteiger partial charge in [-0.3, -0.25) is 5.32 Å². The summed E-state index contributed by atoms with van der Waals surface area (Å²) >= 11 is 0. The van der Waals surface area contributed by atoms with Crippen molar-refractivity contribution >= 4 is 11.8 Å². The number of carbonyl (C=O) groups excluding carboxylic acids is 1. The molecule has 0 heterocycles. The zero-order valence-corrected chi connectivity index (χ0v) is 11.0. The number of aliphatic hydroxyl groups is 1. The molecule has 1 aromatic carbocycles. The van der Waals surface area contributed by atoms with Crippen LogP contribution in [-0.4, -0.2) is 22.9 Å². The second-order valence-electron chi connectivity index (χ2n) is 5.67. The predicted molar refractivity (Wildman–Crippen MR) is 69.7 cm³/mol. The lowest BCUT2D eigenvalue weighted by Gasteiger charge is -2.19. The molecule has 98 valence electrons. The molecule has 1 aliphatic rings. The van der Waals surface area contributed by atoms with E-state index in [0.717, 1.165) is 11.1 Å². The summed E-state index contributed by atoms with van der Waals surface area (Å²) in [7, 11) is 0. The van der Waals surface area contributed by atoms with E-state index in [1.165, 1.54) is 0 Å². The van der Waals surface area contributed by atoms with Crippen LogP contribution >= 0.6 is 0 Å². The number of fused-ring (bicyclic) bond motifs is 1. The fourth-order valence-corrected chi connectivity index (χ4v) is 2.09. The number of ether oxygens (including phenoxy) is 1. The zero-order chi connectivity index (χ0) is 13.3. The number of rotatable bonds is 1. The number of amides is 1. The molecule has 2 rings (SSSR count). The summed E-state index contributed by atoms with van der Waals surface area (Å²) in [5.41, 5.74) is 2.45. The summed E-state index contributed by atoms with van der Waals surface area (Å²) < 4.78 is 5.18. The summed E-state index contributed by atoms with van der Waals surface area (Å²) in [4.78, 5) is 11.6. The summed E-state index contributed by atoms with van der Waals surface area (Å²) in [6, 6.07) is 5.68.